The maximum absolute atomic E-state index is 5.84. The van der Waals surface area contributed by atoms with Gasteiger partial charge in [0.15, 0.2) is 0 Å². The van der Waals surface area contributed by atoms with Crippen LogP contribution in [0.2, 0.25) is 0 Å². The van der Waals surface area contributed by atoms with Crippen LogP contribution in [0.5, 0.6) is 5.95 Å². The molecule has 1 aromatic heterocycles. The topological polar surface area (TPSA) is 22.4 Å². The Labute approximate surface area is 135 Å². The fraction of sp³-hybridized carbons (Fsp3) is 0.158. The normalized spacial score (nSPS) is 10.6. The summed E-state index contributed by atoms with van der Waals surface area (Å²) in [6.07, 6.45) is 0. The molecule has 0 aliphatic heterocycles. The van der Waals surface area contributed by atoms with Crippen LogP contribution >= 0.6 is 11.8 Å². The fourth-order valence-corrected chi connectivity index (χ4v) is 3.13. The van der Waals surface area contributed by atoms with Crippen molar-refractivity contribution >= 4 is 11.8 Å². The Hall–Kier alpha value is -2.13. The zero-order valence-electron chi connectivity index (χ0n) is 12.7. The molecular formula is C19H18O2S. The number of hydrogen-bond donors (Lipinski definition) is 0. The van der Waals surface area contributed by atoms with Crippen LogP contribution in [-0.2, 0) is 5.75 Å². The van der Waals surface area contributed by atoms with Gasteiger partial charge in [-0.1, -0.05) is 48.0 Å². The van der Waals surface area contributed by atoms with Gasteiger partial charge >= 0.3 is 0 Å². The molecule has 2 aromatic carbocycles. The maximum atomic E-state index is 5.84. The van der Waals surface area contributed by atoms with E-state index in [0.29, 0.717) is 5.95 Å². The van der Waals surface area contributed by atoms with E-state index in [2.05, 4.69) is 49.4 Å². The first-order valence-corrected chi connectivity index (χ1v) is 8.16. The van der Waals surface area contributed by atoms with Gasteiger partial charge in [-0.2, -0.15) is 0 Å². The minimum absolute atomic E-state index is 0.578. The molecule has 0 bridgehead atoms. The lowest BCUT2D eigenvalue weighted by Crippen LogP contribution is -1.83. The summed E-state index contributed by atoms with van der Waals surface area (Å²) in [4.78, 5) is 1.23. The Bertz CT molecular complexity index is 747. The molecule has 3 rings (SSSR count). The van der Waals surface area contributed by atoms with E-state index in [4.69, 9.17) is 9.15 Å². The van der Waals surface area contributed by atoms with Crippen LogP contribution < -0.4 is 4.74 Å². The van der Waals surface area contributed by atoms with E-state index >= 15 is 0 Å². The highest BCUT2D eigenvalue weighted by Crippen LogP contribution is 2.36. The van der Waals surface area contributed by atoms with Crippen LogP contribution in [0.4, 0.5) is 0 Å². The summed E-state index contributed by atoms with van der Waals surface area (Å²) in [6, 6.07) is 20.7. The van der Waals surface area contributed by atoms with Crippen LogP contribution in [0.15, 0.2) is 70.0 Å². The van der Waals surface area contributed by atoms with Crippen LogP contribution in [-0.4, -0.2) is 7.11 Å². The average molecular weight is 310 g/mol. The number of thioether (sulfide) groups is 1. The second kappa shape index (κ2) is 6.75. The third-order valence-electron chi connectivity index (χ3n) is 3.39. The lowest BCUT2D eigenvalue weighted by Gasteiger charge is -2.01. The molecule has 3 aromatic rings. The number of methoxy groups -OCH3 is 1. The summed E-state index contributed by atoms with van der Waals surface area (Å²) in [6.45, 7) is 2.09. The molecule has 0 unspecified atom stereocenters. The lowest BCUT2D eigenvalue weighted by atomic mass is 10.1. The standard InChI is InChI=1S/C19H18O2S/c1-14-7-6-8-15(11-14)18-12-16(21-19(18)20-2)13-22-17-9-4-3-5-10-17/h3-12H,13H2,1-2H3. The largest absolute Gasteiger partial charge is 0.468 e. The third-order valence-corrected chi connectivity index (χ3v) is 4.42. The second-order valence-electron chi connectivity index (χ2n) is 5.09. The molecule has 0 radical (unpaired) electrons. The Morgan fingerprint density at radius 1 is 1.00 bits per heavy atom. The van der Waals surface area contributed by atoms with E-state index in [1.165, 1.54) is 10.5 Å². The monoisotopic (exact) mass is 310 g/mol. The average Bonchev–Trinajstić information content (AvgIpc) is 2.97. The molecule has 0 atom stereocenters. The predicted molar refractivity (Wildman–Crippen MR) is 91.4 cm³/mol. The molecule has 0 saturated carbocycles. The van der Waals surface area contributed by atoms with Crippen LogP contribution in [0.3, 0.4) is 0 Å². The molecular weight excluding hydrogens is 292 g/mol. The van der Waals surface area contributed by atoms with Crippen molar-refractivity contribution in [2.75, 3.05) is 7.11 Å². The van der Waals surface area contributed by atoms with Crippen molar-refractivity contribution in [1.29, 1.82) is 0 Å². The van der Waals surface area contributed by atoms with Crippen LogP contribution in [0.1, 0.15) is 11.3 Å². The Kier molecular flexibility index (Phi) is 4.54. The number of aryl methyl sites for hydroxylation is 1. The summed E-state index contributed by atoms with van der Waals surface area (Å²) in [5.41, 5.74) is 3.35. The van der Waals surface area contributed by atoms with Crippen molar-refractivity contribution in [2.45, 2.75) is 17.6 Å². The summed E-state index contributed by atoms with van der Waals surface area (Å²) < 4.78 is 11.2. The SMILES string of the molecule is COc1oc(CSc2ccccc2)cc1-c1cccc(C)c1. The molecule has 0 saturated heterocycles. The minimum Gasteiger partial charge on any atom is -0.468 e. The van der Waals surface area contributed by atoms with Gasteiger partial charge in [0.05, 0.1) is 18.4 Å². The third kappa shape index (κ3) is 3.37. The molecule has 0 spiro atoms. The van der Waals surface area contributed by atoms with Gasteiger partial charge in [-0.3, -0.25) is 0 Å². The van der Waals surface area contributed by atoms with E-state index in [9.17, 15) is 0 Å². The first kappa shape index (κ1) is 14.8. The van der Waals surface area contributed by atoms with Crippen LogP contribution in [0.25, 0.3) is 11.1 Å². The van der Waals surface area contributed by atoms with Gasteiger partial charge in [-0.25, -0.2) is 0 Å². The number of benzene rings is 2. The fourth-order valence-electron chi connectivity index (χ4n) is 2.33. The van der Waals surface area contributed by atoms with E-state index in [-0.39, 0.29) is 0 Å². The van der Waals surface area contributed by atoms with Gasteiger partial charge in [-0.15, -0.1) is 11.8 Å². The zero-order chi connectivity index (χ0) is 15.4. The molecule has 1 heterocycles. The maximum Gasteiger partial charge on any atom is 0.292 e. The first-order chi connectivity index (χ1) is 10.8. The van der Waals surface area contributed by atoms with Crippen molar-refractivity contribution in [1.82, 2.24) is 0 Å². The quantitative estimate of drug-likeness (QED) is 0.576. The highest BCUT2D eigenvalue weighted by Gasteiger charge is 2.14. The van der Waals surface area contributed by atoms with Crippen molar-refractivity contribution in [3.8, 4) is 17.1 Å². The van der Waals surface area contributed by atoms with Gasteiger partial charge in [0, 0.05) is 4.90 Å². The van der Waals surface area contributed by atoms with Gasteiger partial charge in [0.25, 0.3) is 5.95 Å². The molecule has 2 nitrogen and oxygen atoms in total. The lowest BCUT2D eigenvalue weighted by molar-refractivity contribution is 0.299. The summed E-state index contributed by atoms with van der Waals surface area (Å²) in [5, 5.41) is 0. The molecule has 112 valence electrons. The highest BCUT2D eigenvalue weighted by atomic mass is 32.2. The van der Waals surface area contributed by atoms with Crippen molar-refractivity contribution in [2.24, 2.45) is 0 Å². The Morgan fingerprint density at radius 2 is 1.82 bits per heavy atom. The molecule has 3 heteroatoms. The van der Waals surface area contributed by atoms with Crippen molar-refractivity contribution in [3.05, 3.63) is 72.0 Å². The van der Waals surface area contributed by atoms with E-state index in [1.807, 2.05) is 18.2 Å². The Balaban J connectivity index is 1.82. The molecule has 0 aliphatic rings. The van der Waals surface area contributed by atoms with Crippen molar-refractivity contribution in [3.63, 3.8) is 0 Å². The highest BCUT2D eigenvalue weighted by molar-refractivity contribution is 7.98. The first-order valence-electron chi connectivity index (χ1n) is 7.18. The van der Waals surface area contributed by atoms with Gasteiger partial charge < -0.3 is 9.15 Å². The predicted octanol–water partition coefficient (Wildman–Crippen LogP) is 5.56. The van der Waals surface area contributed by atoms with E-state index < -0.39 is 0 Å². The van der Waals surface area contributed by atoms with Gasteiger partial charge in [-0.05, 0) is 30.7 Å². The number of furan rings is 1. The minimum atomic E-state index is 0.578. The molecule has 0 aliphatic carbocycles. The van der Waals surface area contributed by atoms with Crippen molar-refractivity contribution < 1.29 is 9.15 Å². The Morgan fingerprint density at radius 3 is 2.55 bits per heavy atom. The molecule has 0 N–H and O–H groups in total. The smallest absolute Gasteiger partial charge is 0.292 e. The second-order valence-corrected chi connectivity index (χ2v) is 6.14. The number of ether oxygens (including phenoxy) is 1. The molecule has 0 amide bonds. The van der Waals surface area contributed by atoms with Gasteiger partial charge in [0.2, 0.25) is 0 Å². The van der Waals surface area contributed by atoms with E-state index in [1.54, 1.807) is 18.9 Å². The number of hydrogen-bond acceptors (Lipinski definition) is 3. The summed E-state index contributed by atoms with van der Waals surface area (Å²) >= 11 is 1.76. The molecule has 0 fully saturated rings. The summed E-state index contributed by atoms with van der Waals surface area (Å²) in [7, 11) is 1.65. The van der Waals surface area contributed by atoms with Gasteiger partial charge in [0.1, 0.15) is 5.76 Å². The van der Waals surface area contributed by atoms with Crippen LogP contribution in [0, 0.1) is 6.92 Å². The zero-order valence-corrected chi connectivity index (χ0v) is 13.5. The summed E-state index contributed by atoms with van der Waals surface area (Å²) in [5.74, 6) is 2.28. The number of rotatable bonds is 5. The molecule has 22 heavy (non-hydrogen) atoms. The van der Waals surface area contributed by atoms with E-state index in [0.717, 1.165) is 22.6 Å².